The van der Waals surface area contributed by atoms with Gasteiger partial charge in [-0.2, -0.15) is 0 Å². The number of hydrogen-bond donors (Lipinski definition) is 1. The van der Waals surface area contributed by atoms with Gasteiger partial charge in [0.05, 0.1) is 0 Å². The van der Waals surface area contributed by atoms with E-state index in [2.05, 4.69) is 5.32 Å². The molecule has 0 saturated heterocycles. The molecular weight excluding hydrogens is 162 g/mol. The highest BCUT2D eigenvalue weighted by Crippen LogP contribution is 2.16. The van der Waals surface area contributed by atoms with Gasteiger partial charge in [0.15, 0.2) is 0 Å². The lowest BCUT2D eigenvalue weighted by molar-refractivity contribution is -0.123. The third kappa shape index (κ3) is 2.90. The first-order valence-corrected chi connectivity index (χ1v) is 4.36. The van der Waals surface area contributed by atoms with E-state index in [1.54, 1.807) is 0 Å². The zero-order chi connectivity index (χ0) is 9.90. The predicted molar refractivity (Wildman–Crippen MR) is 54.5 cm³/mol. The van der Waals surface area contributed by atoms with Crippen molar-refractivity contribution in [1.82, 2.24) is 0 Å². The number of anilines is 1. The number of carbonyl (C=O) groups excluding carboxylic acids is 1. The molecule has 0 atom stereocenters. The average Bonchev–Trinajstić information content (AvgIpc) is 2.04. The predicted octanol–water partition coefficient (Wildman–Crippen LogP) is 2.67. The first-order valence-electron chi connectivity index (χ1n) is 4.36. The molecular formula is C11H15NO. The van der Waals surface area contributed by atoms with E-state index in [4.69, 9.17) is 0 Å². The minimum absolute atomic E-state index is 0.0405. The largest absolute Gasteiger partial charge is 0.326 e. The van der Waals surface area contributed by atoms with Crippen LogP contribution in [0.25, 0.3) is 0 Å². The fourth-order valence-electron chi connectivity index (χ4n) is 0.840. The topological polar surface area (TPSA) is 29.1 Å². The van der Waals surface area contributed by atoms with E-state index >= 15 is 0 Å². The van der Waals surface area contributed by atoms with Crippen LogP contribution < -0.4 is 5.32 Å². The highest BCUT2D eigenvalue weighted by Gasteiger charge is 2.20. The van der Waals surface area contributed by atoms with Gasteiger partial charge in [0, 0.05) is 11.1 Å². The van der Waals surface area contributed by atoms with Crippen LogP contribution in [0.1, 0.15) is 20.8 Å². The van der Waals surface area contributed by atoms with Crippen LogP contribution in [-0.2, 0) is 4.79 Å². The molecule has 1 aromatic rings. The second kappa shape index (κ2) is 3.60. The molecule has 1 amide bonds. The summed E-state index contributed by atoms with van der Waals surface area (Å²) in [6.45, 7) is 5.68. The Hall–Kier alpha value is -1.31. The normalized spacial score (nSPS) is 11.0. The van der Waals surface area contributed by atoms with Gasteiger partial charge in [-0.25, -0.2) is 0 Å². The van der Waals surface area contributed by atoms with Gasteiger partial charge in [-0.05, 0) is 12.1 Å². The van der Waals surface area contributed by atoms with E-state index in [9.17, 15) is 4.79 Å². The van der Waals surface area contributed by atoms with Crippen molar-refractivity contribution in [1.29, 1.82) is 0 Å². The van der Waals surface area contributed by atoms with Crippen LogP contribution >= 0.6 is 0 Å². The maximum atomic E-state index is 11.5. The maximum Gasteiger partial charge on any atom is 0.229 e. The van der Waals surface area contributed by atoms with Crippen molar-refractivity contribution < 1.29 is 4.79 Å². The van der Waals surface area contributed by atoms with Gasteiger partial charge in [0.25, 0.3) is 0 Å². The van der Waals surface area contributed by atoms with E-state index in [1.165, 1.54) is 0 Å². The number of benzene rings is 1. The Bertz CT molecular complexity index is 285. The van der Waals surface area contributed by atoms with Crippen LogP contribution in [0, 0.1) is 5.41 Å². The second-order valence-corrected chi connectivity index (χ2v) is 4.07. The molecule has 2 heteroatoms. The SMILES string of the molecule is CC(C)(C)C(=O)Nc1ccccc1. The van der Waals surface area contributed by atoms with Gasteiger partial charge in [-0.1, -0.05) is 39.0 Å². The first-order chi connectivity index (χ1) is 6.00. The molecule has 0 spiro atoms. The van der Waals surface area contributed by atoms with E-state index in [0.717, 1.165) is 5.69 Å². The lowest BCUT2D eigenvalue weighted by atomic mass is 9.95. The quantitative estimate of drug-likeness (QED) is 0.702. The number of rotatable bonds is 1. The van der Waals surface area contributed by atoms with Crippen molar-refractivity contribution in [3.8, 4) is 0 Å². The Balaban J connectivity index is 2.66. The Kier molecular flexibility index (Phi) is 2.71. The summed E-state index contributed by atoms with van der Waals surface area (Å²) in [6, 6.07) is 9.48. The van der Waals surface area contributed by atoms with Crippen molar-refractivity contribution in [3.63, 3.8) is 0 Å². The molecule has 0 aliphatic heterocycles. The maximum absolute atomic E-state index is 11.5. The summed E-state index contributed by atoms with van der Waals surface area (Å²) >= 11 is 0. The highest BCUT2D eigenvalue weighted by atomic mass is 16.2. The smallest absolute Gasteiger partial charge is 0.229 e. The Labute approximate surface area is 79.0 Å². The van der Waals surface area contributed by atoms with Crippen LogP contribution in [-0.4, -0.2) is 5.91 Å². The van der Waals surface area contributed by atoms with Crippen molar-refractivity contribution in [3.05, 3.63) is 30.3 Å². The van der Waals surface area contributed by atoms with E-state index in [-0.39, 0.29) is 11.3 Å². The number of hydrogen-bond acceptors (Lipinski definition) is 1. The van der Waals surface area contributed by atoms with Crippen LogP contribution in [0.15, 0.2) is 30.3 Å². The van der Waals surface area contributed by atoms with Crippen molar-refractivity contribution in [2.45, 2.75) is 20.8 Å². The number of amides is 1. The molecule has 0 saturated carbocycles. The van der Waals surface area contributed by atoms with Gasteiger partial charge in [-0.15, -0.1) is 0 Å². The lowest BCUT2D eigenvalue weighted by Gasteiger charge is -2.17. The summed E-state index contributed by atoms with van der Waals surface area (Å²) in [6.07, 6.45) is 0. The summed E-state index contributed by atoms with van der Waals surface area (Å²) in [5.41, 5.74) is 0.512. The highest BCUT2D eigenvalue weighted by molar-refractivity contribution is 5.94. The summed E-state index contributed by atoms with van der Waals surface area (Å²) < 4.78 is 0. The molecule has 0 unspecified atom stereocenters. The Morgan fingerprint density at radius 2 is 1.69 bits per heavy atom. The first kappa shape index (κ1) is 9.78. The van der Waals surface area contributed by atoms with Gasteiger partial charge < -0.3 is 5.32 Å². The molecule has 1 N–H and O–H groups in total. The summed E-state index contributed by atoms with van der Waals surface area (Å²) in [4.78, 5) is 11.5. The average molecular weight is 177 g/mol. The van der Waals surface area contributed by atoms with Crippen LogP contribution in [0.5, 0.6) is 0 Å². The third-order valence-corrected chi connectivity index (χ3v) is 1.71. The lowest BCUT2D eigenvalue weighted by Crippen LogP contribution is -2.27. The fraction of sp³-hybridized carbons (Fsp3) is 0.364. The second-order valence-electron chi connectivity index (χ2n) is 4.07. The Morgan fingerprint density at radius 1 is 1.15 bits per heavy atom. The summed E-state index contributed by atoms with van der Waals surface area (Å²) in [5, 5.41) is 2.84. The number of carbonyl (C=O) groups is 1. The van der Waals surface area contributed by atoms with Gasteiger partial charge >= 0.3 is 0 Å². The van der Waals surface area contributed by atoms with Crippen LogP contribution in [0.3, 0.4) is 0 Å². The third-order valence-electron chi connectivity index (χ3n) is 1.71. The summed E-state index contributed by atoms with van der Waals surface area (Å²) in [7, 11) is 0. The van der Waals surface area contributed by atoms with Crippen molar-refractivity contribution in [2.75, 3.05) is 5.32 Å². The molecule has 1 rings (SSSR count). The Morgan fingerprint density at radius 3 is 2.15 bits per heavy atom. The molecule has 13 heavy (non-hydrogen) atoms. The van der Waals surface area contributed by atoms with E-state index < -0.39 is 0 Å². The molecule has 2 nitrogen and oxygen atoms in total. The molecule has 0 aliphatic rings. The number of para-hydroxylation sites is 1. The minimum Gasteiger partial charge on any atom is -0.326 e. The van der Waals surface area contributed by atoms with Crippen LogP contribution in [0.4, 0.5) is 5.69 Å². The summed E-state index contributed by atoms with van der Waals surface area (Å²) in [5.74, 6) is 0.0405. The monoisotopic (exact) mass is 177 g/mol. The molecule has 0 fully saturated rings. The molecule has 0 aromatic heterocycles. The van der Waals surface area contributed by atoms with Gasteiger partial charge in [0.1, 0.15) is 0 Å². The van der Waals surface area contributed by atoms with E-state index in [1.807, 2.05) is 51.1 Å². The van der Waals surface area contributed by atoms with Gasteiger partial charge in [-0.3, -0.25) is 4.79 Å². The number of nitrogens with one attached hydrogen (secondary N) is 1. The molecule has 0 heterocycles. The molecule has 0 aliphatic carbocycles. The standard InChI is InChI=1S/C11H15NO/c1-11(2,3)10(13)12-9-7-5-4-6-8-9/h4-8H,1-3H3,(H,12,13). The van der Waals surface area contributed by atoms with Crippen molar-refractivity contribution in [2.24, 2.45) is 5.41 Å². The minimum atomic E-state index is -0.337. The van der Waals surface area contributed by atoms with Crippen LogP contribution in [0.2, 0.25) is 0 Å². The molecule has 0 bridgehead atoms. The molecule has 0 radical (unpaired) electrons. The zero-order valence-electron chi connectivity index (χ0n) is 8.29. The molecule has 70 valence electrons. The van der Waals surface area contributed by atoms with Gasteiger partial charge in [0.2, 0.25) is 5.91 Å². The van der Waals surface area contributed by atoms with Crippen molar-refractivity contribution >= 4 is 11.6 Å². The molecule has 1 aromatic carbocycles. The fourth-order valence-corrected chi connectivity index (χ4v) is 0.840. The van der Waals surface area contributed by atoms with E-state index in [0.29, 0.717) is 0 Å². The zero-order valence-corrected chi connectivity index (χ0v) is 8.29.